The standard InChI is InChI=1S/C22H44O2.Sn/c1-4-7-9-10-11-12-13-14-15-16-17-19-22(23)24-20-21(6-3)18-8-5-2;/h21H,4-20H2,1-3H3;. The van der Waals surface area contributed by atoms with Crippen LogP contribution in [0, 0.1) is 5.92 Å². The number of esters is 1. The maximum absolute atomic E-state index is 11.8. The van der Waals surface area contributed by atoms with E-state index in [1.54, 1.807) is 0 Å². The topological polar surface area (TPSA) is 26.3 Å². The summed E-state index contributed by atoms with van der Waals surface area (Å²) in [5.41, 5.74) is 0. The third-order valence-corrected chi connectivity index (χ3v) is 5.01. The molecule has 0 aliphatic heterocycles. The van der Waals surface area contributed by atoms with Crippen LogP contribution in [0.4, 0.5) is 0 Å². The predicted octanol–water partition coefficient (Wildman–Crippen LogP) is 7.07. The van der Waals surface area contributed by atoms with Crippen LogP contribution in [0.2, 0.25) is 0 Å². The molecular formula is C22H44O2Sn. The van der Waals surface area contributed by atoms with Crippen LogP contribution in [0.3, 0.4) is 0 Å². The molecule has 0 aliphatic rings. The van der Waals surface area contributed by atoms with Gasteiger partial charge in [-0.2, -0.15) is 0 Å². The second-order valence-corrected chi connectivity index (χ2v) is 7.39. The van der Waals surface area contributed by atoms with Gasteiger partial charge in [-0.15, -0.1) is 0 Å². The Kier molecular flexibility index (Phi) is 24.5. The van der Waals surface area contributed by atoms with E-state index < -0.39 is 0 Å². The van der Waals surface area contributed by atoms with Gasteiger partial charge in [0, 0.05) is 30.3 Å². The molecule has 0 rings (SSSR count). The first-order chi connectivity index (χ1) is 11.7. The first-order valence-corrected chi connectivity index (χ1v) is 10.9. The molecule has 0 amide bonds. The normalized spacial score (nSPS) is 11.8. The van der Waals surface area contributed by atoms with Crippen LogP contribution in [-0.2, 0) is 9.53 Å². The van der Waals surface area contributed by atoms with Crippen molar-refractivity contribution in [2.24, 2.45) is 5.92 Å². The summed E-state index contributed by atoms with van der Waals surface area (Å²) in [4.78, 5) is 11.8. The minimum Gasteiger partial charge on any atom is -0.465 e. The van der Waals surface area contributed by atoms with E-state index in [9.17, 15) is 4.79 Å². The Morgan fingerprint density at radius 1 is 0.720 bits per heavy atom. The monoisotopic (exact) mass is 460 g/mol. The van der Waals surface area contributed by atoms with Crippen LogP contribution >= 0.6 is 0 Å². The van der Waals surface area contributed by atoms with E-state index in [0.29, 0.717) is 18.9 Å². The largest absolute Gasteiger partial charge is 0.465 e. The van der Waals surface area contributed by atoms with Crippen LogP contribution in [-0.4, -0.2) is 36.5 Å². The van der Waals surface area contributed by atoms with E-state index in [1.807, 2.05) is 0 Å². The molecule has 2 nitrogen and oxygen atoms in total. The Morgan fingerprint density at radius 3 is 1.68 bits per heavy atom. The quantitative estimate of drug-likeness (QED) is 0.125. The van der Waals surface area contributed by atoms with Crippen molar-refractivity contribution < 1.29 is 9.53 Å². The van der Waals surface area contributed by atoms with Crippen LogP contribution < -0.4 is 0 Å². The van der Waals surface area contributed by atoms with Gasteiger partial charge in [-0.05, 0) is 18.8 Å². The SMILES string of the molecule is CCCCCCCCCCCCCC(=O)OCC(CC)CCCC.[Sn]. The Balaban J connectivity index is 0. The number of carbonyl (C=O) groups excluding carboxylic acids is 1. The van der Waals surface area contributed by atoms with Gasteiger partial charge in [0.25, 0.3) is 0 Å². The summed E-state index contributed by atoms with van der Waals surface area (Å²) in [6.45, 7) is 7.31. The molecule has 1 unspecified atom stereocenters. The van der Waals surface area contributed by atoms with Crippen molar-refractivity contribution in [1.82, 2.24) is 0 Å². The molecule has 0 fully saturated rings. The average Bonchev–Trinajstić information content (AvgIpc) is 2.59. The fourth-order valence-corrected chi connectivity index (χ4v) is 3.11. The van der Waals surface area contributed by atoms with Gasteiger partial charge in [0.15, 0.2) is 0 Å². The summed E-state index contributed by atoms with van der Waals surface area (Å²) < 4.78 is 5.45. The van der Waals surface area contributed by atoms with Crippen LogP contribution in [0.15, 0.2) is 0 Å². The Bertz CT molecular complexity index is 269. The fourth-order valence-electron chi connectivity index (χ4n) is 3.11. The maximum Gasteiger partial charge on any atom is 0.305 e. The van der Waals surface area contributed by atoms with E-state index in [-0.39, 0.29) is 29.9 Å². The van der Waals surface area contributed by atoms with Crippen molar-refractivity contribution in [2.45, 2.75) is 124 Å². The van der Waals surface area contributed by atoms with Gasteiger partial charge >= 0.3 is 5.97 Å². The smallest absolute Gasteiger partial charge is 0.305 e. The average molecular weight is 459 g/mol. The molecule has 0 N–H and O–H groups in total. The molecule has 0 aliphatic carbocycles. The van der Waals surface area contributed by atoms with E-state index in [2.05, 4.69) is 20.8 Å². The van der Waals surface area contributed by atoms with E-state index in [4.69, 9.17) is 4.74 Å². The van der Waals surface area contributed by atoms with Gasteiger partial charge in [0.2, 0.25) is 0 Å². The van der Waals surface area contributed by atoms with Crippen molar-refractivity contribution in [1.29, 1.82) is 0 Å². The zero-order valence-electron chi connectivity index (χ0n) is 17.4. The zero-order valence-corrected chi connectivity index (χ0v) is 20.3. The van der Waals surface area contributed by atoms with Gasteiger partial charge in [-0.3, -0.25) is 4.79 Å². The van der Waals surface area contributed by atoms with Gasteiger partial charge in [-0.1, -0.05) is 104 Å². The molecule has 0 heterocycles. The maximum atomic E-state index is 11.8. The van der Waals surface area contributed by atoms with E-state index >= 15 is 0 Å². The van der Waals surface area contributed by atoms with Gasteiger partial charge in [0.1, 0.15) is 0 Å². The van der Waals surface area contributed by atoms with E-state index in [0.717, 1.165) is 12.8 Å². The second-order valence-electron chi connectivity index (χ2n) is 7.39. The molecule has 0 spiro atoms. The molecule has 25 heavy (non-hydrogen) atoms. The molecule has 0 aromatic heterocycles. The summed E-state index contributed by atoms with van der Waals surface area (Å²) in [5.74, 6) is 0.576. The molecule has 0 bridgehead atoms. The number of hydrogen-bond donors (Lipinski definition) is 0. The molecule has 4 radical (unpaired) electrons. The van der Waals surface area contributed by atoms with Crippen LogP contribution in [0.25, 0.3) is 0 Å². The Morgan fingerprint density at radius 2 is 1.20 bits per heavy atom. The van der Waals surface area contributed by atoms with Crippen LogP contribution in [0.5, 0.6) is 0 Å². The molecule has 0 aromatic carbocycles. The summed E-state index contributed by atoms with van der Waals surface area (Å²) in [7, 11) is 0. The number of hydrogen-bond acceptors (Lipinski definition) is 2. The van der Waals surface area contributed by atoms with Crippen molar-refractivity contribution >= 4 is 29.9 Å². The summed E-state index contributed by atoms with van der Waals surface area (Å²) >= 11 is 0. The summed E-state index contributed by atoms with van der Waals surface area (Å²) in [6.07, 6.45) is 19.9. The molecule has 3 heteroatoms. The molecule has 0 saturated heterocycles. The number of rotatable bonds is 18. The minimum atomic E-state index is 0. The summed E-state index contributed by atoms with van der Waals surface area (Å²) in [6, 6.07) is 0. The Labute approximate surface area is 175 Å². The molecule has 148 valence electrons. The minimum absolute atomic E-state index is 0. The van der Waals surface area contributed by atoms with Crippen LogP contribution in [0.1, 0.15) is 124 Å². The molecular weight excluding hydrogens is 415 g/mol. The second kappa shape index (κ2) is 22.3. The molecule has 0 saturated carbocycles. The van der Waals surface area contributed by atoms with Crippen molar-refractivity contribution in [3.63, 3.8) is 0 Å². The fraction of sp³-hybridized carbons (Fsp3) is 0.955. The third kappa shape index (κ3) is 20.4. The Hall–Kier alpha value is 0.269. The predicted molar refractivity (Wildman–Crippen MR) is 111 cm³/mol. The van der Waals surface area contributed by atoms with Gasteiger partial charge in [0.05, 0.1) is 6.61 Å². The van der Waals surface area contributed by atoms with Gasteiger partial charge < -0.3 is 4.74 Å². The first kappa shape index (κ1) is 27.5. The third-order valence-electron chi connectivity index (χ3n) is 5.01. The number of ether oxygens (including phenoxy) is 1. The molecule has 1 atom stereocenters. The van der Waals surface area contributed by atoms with Gasteiger partial charge in [-0.25, -0.2) is 0 Å². The molecule has 0 aromatic rings. The number of unbranched alkanes of at least 4 members (excludes halogenated alkanes) is 11. The van der Waals surface area contributed by atoms with E-state index in [1.165, 1.54) is 83.5 Å². The van der Waals surface area contributed by atoms with Crippen molar-refractivity contribution in [3.05, 3.63) is 0 Å². The zero-order chi connectivity index (χ0) is 17.9. The van der Waals surface area contributed by atoms with Crippen molar-refractivity contribution in [3.8, 4) is 0 Å². The number of carbonyl (C=O) groups is 1. The van der Waals surface area contributed by atoms with Crippen molar-refractivity contribution in [2.75, 3.05) is 6.61 Å². The summed E-state index contributed by atoms with van der Waals surface area (Å²) in [5, 5.41) is 0. The first-order valence-electron chi connectivity index (χ1n) is 10.9.